The maximum Gasteiger partial charge on any atom is 0.270 e. The van der Waals surface area contributed by atoms with Crippen molar-refractivity contribution in [2.24, 2.45) is 0 Å². The molecule has 0 atom stereocenters. The fraction of sp³-hybridized carbons (Fsp3) is 0.217. The molecule has 1 fully saturated rings. The van der Waals surface area contributed by atoms with Gasteiger partial charge in [0, 0.05) is 35.8 Å². The van der Waals surface area contributed by atoms with Crippen LogP contribution >= 0.6 is 23.5 Å². The number of anilines is 1. The zero-order chi connectivity index (χ0) is 24.8. The van der Waals surface area contributed by atoms with Crippen molar-refractivity contribution >= 4 is 45.1 Å². The summed E-state index contributed by atoms with van der Waals surface area (Å²) < 4.78 is 27.0. The lowest BCUT2D eigenvalue weighted by atomic mass is 10.1. The van der Waals surface area contributed by atoms with Crippen molar-refractivity contribution in [1.82, 2.24) is 14.3 Å². The second-order valence-corrected chi connectivity index (χ2v) is 11.6. The van der Waals surface area contributed by atoms with Crippen molar-refractivity contribution in [1.29, 1.82) is 5.26 Å². The lowest BCUT2D eigenvalue weighted by Crippen LogP contribution is -2.37. The third-order valence-electron chi connectivity index (χ3n) is 5.14. The Kier molecular flexibility index (Phi) is 7.92. The minimum Gasteiger partial charge on any atom is -0.325 e. The van der Waals surface area contributed by atoms with Gasteiger partial charge in [-0.15, -0.1) is 0 Å². The monoisotopic (exact) mass is 527 g/mol. The van der Waals surface area contributed by atoms with E-state index in [2.05, 4.69) is 15.3 Å². The average Bonchev–Trinajstić information content (AvgIpc) is 2.88. The highest BCUT2D eigenvalue weighted by Gasteiger charge is 2.26. The highest BCUT2D eigenvalue weighted by molar-refractivity contribution is 8.00. The molecule has 4 rings (SSSR count). The number of rotatable bonds is 7. The molecule has 0 aliphatic carbocycles. The number of sulfonamides is 1. The van der Waals surface area contributed by atoms with Crippen LogP contribution in [0.4, 0.5) is 5.69 Å². The van der Waals surface area contributed by atoms with Gasteiger partial charge in [0.05, 0.1) is 16.3 Å². The van der Waals surface area contributed by atoms with Crippen LogP contribution in [-0.4, -0.2) is 58.9 Å². The molecule has 1 aliphatic heterocycles. The minimum atomic E-state index is -3.55. The van der Waals surface area contributed by atoms with Crippen LogP contribution in [0.3, 0.4) is 0 Å². The number of nitrogens with one attached hydrogen (secondary N) is 2. The van der Waals surface area contributed by atoms with Crippen LogP contribution in [0, 0.1) is 11.3 Å². The molecule has 1 aromatic heterocycles. The van der Waals surface area contributed by atoms with Crippen LogP contribution in [0.25, 0.3) is 11.3 Å². The van der Waals surface area contributed by atoms with Crippen molar-refractivity contribution in [2.75, 3.05) is 35.7 Å². The molecular weight excluding hydrogens is 506 g/mol. The average molecular weight is 528 g/mol. The van der Waals surface area contributed by atoms with E-state index >= 15 is 0 Å². The highest BCUT2D eigenvalue weighted by Crippen LogP contribution is 2.23. The first-order chi connectivity index (χ1) is 16.9. The highest BCUT2D eigenvalue weighted by atomic mass is 32.2. The zero-order valence-corrected chi connectivity index (χ0v) is 20.9. The van der Waals surface area contributed by atoms with Gasteiger partial charge >= 0.3 is 0 Å². The van der Waals surface area contributed by atoms with Crippen LogP contribution in [0.1, 0.15) is 5.56 Å². The van der Waals surface area contributed by atoms with E-state index in [0.717, 1.165) is 23.3 Å². The summed E-state index contributed by atoms with van der Waals surface area (Å²) in [7, 11) is -3.55. The smallest absolute Gasteiger partial charge is 0.270 e. The summed E-state index contributed by atoms with van der Waals surface area (Å²) in [6, 6.07) is 16.8. The van der Waals surface area contributed by atoms with Gasteiger partial charge < -0.3 is 10.3 Å². The Labute approximate surface area is 211 Å². The largest absolute Gasteiger partial charge is 0.325 e. The first-order valence-corrected chi connectivity index (χ1v) is 14.2. The van der Waals surface area contributed by atoms with Gasteiger partial charge in [-0.05, 0) is 24.3 Å². The maximum absolute atomic E-state index is 12.8. The molecule has 12 heteroatoms. The summed E-state index contributed by atoms with van der Waals surface area (Å²) in [6.45, 7) is 0.973. The standard InChI is InChI=1S/C23H21N5O4S3/c24-14-19-21(16-4-2-1-3-5-16)26-23(27-22(19)30)34-15-20(29)25-17-6-8-18(9-7-17)35(31,32)28-10-12-33-13-11-28/h1-9H,10-13,15H2,(H,25,29)(H,26,27,30). The molecule has 2 N–H and O–H groups in total. The van der Waals surface area contributed by atoms with Gasteiger partial charge in [0.1, 0.15) is 11.6 Å². The van der Waals surface area contributed by atoms with E-state index in [1.807, 2.05) is 12.1 Å². The molecule has 1 amide bonds. The molecular formula is C23H21N5O4S3. The fourth-order valence-corrected chi connectivity index (χ4v) is 6.64. The van der Waals surface area contributed by atoms with Crippen LogP contribution in [-0.2, 0) is 14.8 Å². The molecule has 0 spiro atoms. The number of carbonyl (C=O) groups excluding carboxylic acids is 1. The summed E-state index contributed by atoms with van der Waals surface area (Å²) >= 11 is 2.75. The third-order valence-corrected chi connectivity index (χ3v) is 8.87. The Morgan fingerprint density at radius 1 is 1.14 bits per heavy atom. The topological polar surface area (TPSA) is 136 Å². The third kappa shape index (κ3) is 5.94. The van der Waals surface area contributed by atoms with Crippen LogP contribution in [0.5, 0.6) is 0 Å². The number of thioether (sulfide) groups is 2. The molecule has 1 aliphatic rings. The number of aromatic amines is 1. The van der Waals surface area contributed by atoms with Crippen molar-refractivity contribution in [3.05, 3.63) is 70.5 Å². The maximum atomic E-state index is 12.8. The van der Waals surface area contributed by atoms with E-state index in [-0.39, 0.29) is 33.0 Å². The predicted octanol–water partition coefficient (Wildman–Crippen LogP) is 2.78. The van der Waals surface area contributed by atoms with E-state index in [1.165, 1.54) is 16.4 Å². The van der Waals surface area contributed by atoms with E-state index < -0.39 is 15.6 Å². The number of hydrogen-bond donors (Lipinski definition) is 2. The van der Waals surface area contributed by atoms with Crippen LogP contribution in [0.2, 0.25) is 0 Å². The van der Waals surface area contributed by atoms with Crippen molar-refractivity contribution in [2.45, 2.75) is 10.1 Å². The van der Waals surface area contributed by atoms with Crippen molar-refractivity contribution in [3.63, 3.8) is 0 Å². The van der Waals surface area contributed by atoms with Gasteiger partial charge in [-0.25, -0.2) is 13.4 Å². The number of benzene rings is 2. The Balaban J connectivity index is 1.41. The molecule has 0 unspecified atom stereocenters. The summed E-state index contributed by atoms with van der Waals surface area (Å²) in [6.07, 6.45) is 0. The van der Waals surface area contributed by atoms with E-state index in [1.54, 1.807) is 48.2 Å². The fourth-order valence-electron chi connectivity index (χ4n) is 3.41. The second kappa shape index (κ2) is 11.1. The Morgan fingerprint density at radius 2 is 1.83 bits per heavy atom. The normalized spacial score (nSPS) is 14.3. The predicted molar refractivity (Wildman–Crippen MR) is 137 cm³/mol. The molecule has 35 heavy (non-hydrogen) atoms. The molecule has 0 radical (unpaired) electrons. The number of amides is 1. The Morgan fingerprint density at radius 3 is 2.49 bits per heavy atom. The summed E-state index contributed by atoms with van der Waals surface area (Å²) in [5.74, 6) is 1.15. The number of aromatic nitrogens is 2. The number of nitriles is 1. The molecule has 1 saturated heterocycles. The van der Waals surface area contributed by atoms with Gasteiger partial charge in [0.25, 0.3) is 5.56 Å². The SMILES string of the molecule is N#Cc1c(-c2ccccc2)nc(SCC(=O)Nc2ccc(S(=O)(=O)N3CCSCC3)cc2)[nH]c1=O. The number of nitrogens with zero attached hydrogens (tertiary/aromatic N) is 3. The van der Waals surface area contributed by atoms with E-state index in [0.29, 0.717) is 24.3 Å². The second-order valence-electron chi connectivity index (χ2n) is 7.45. The number of carbonyl (C=O) groups is 1. The molecule has 2 heterocycles. The van der Waals surface area contributed by atoms with Crippen LogP contribution in [0.15, 0.2) is 69.4 Å². The Hall–Kier alpha value is -3.11. The quantitative estimate of drug-likeness (QED) is 0.354. The Bertz CT molecular complexity index is 1410. The summed E-state index contributed by atoms with van der Waals surface area (Å²) in [4.78, 5) is 31.9. The zero-order valence-electron chi connectivity index (χ0n) is 18.4. The van der Waals surface area contributed by atoms with Crippen molar-refractivity contribution in [3.8, 4) is 17.3 Å². The van der Waals surface area contributed by atoms with E-state index in [9.17, 15) is 23.3 Å². The lowest BCUT2D eigenvalue weighted by Gasteiger charge is -2.25. The van der Waals surface area contributed by atoms with Crippen molar-refractivity contribution < 1.29 is 13.2 Å². The van der Waals surface area contributed by atoms with E-state index in [4.69, 9.17) is 0 Å². The van der Waals surface area contributed by atoms with Gasteiger partial charge in [-0.3, -0.25) is 9.59 Å². The summed E-state index contributed by atoms with van der Waals surface area (Å²) in [5, 5.41) is 12.3. The first kappa shape index (κ1) is 25.0. The first-order valence-electron chi connectivity index (χ1n) is 10.6. The summed E-state index contributed by atoms with van der Waals surface area (Å²) in [5.41, 5.74) is 0.662. The molecule has 0 bridgehead atoms. The van der Waals surface area contributed by atoms with Gasteiger partial charge in [-0.2, -0.15) is 21.3 Å². The lowest BCUT2D eigenvalue weighted by molar-refractivity contribution is -0.113. The van der Waals surface area contributed by atoms with Crippen LogP contribution < -0.4 is 10.9 Å². The molecule has 180 valence electrons. The molecule has 2 aromatic carbocycles. The molecule has 3 aromatic rings. The number of hydrogen-bond acceptors (Lipinski definition) is 8. The van der Waals surface area contributed by atoms with Gasteiger partial charge in [0.2, 0.25) is 15.9 Å². The van der Waals surface area contributed by atoms with Gasteiger partial charge in [0.15, 0.2) is 5.16 Å². The number of H-pyrrole nitrogens is 1. The molecule has 9 nitrogen and oxygen atoms in total. The minimum absolute atomic E-state index is 0.0471. The van der Waals surface area contributed by atoms with Gasteiger partial charge in [-0.1, -0.05) is 42.1 Å². The molecule has 0 saturated carbocycles.